The first-order chi connectivity index (χ1) is 8.83. The molecule has 0 aliphatic carbocycles. The molecule has 0 spiro atoms. The maximum Gasteiger partial charge on any atom is 0.199 e. The first-order valence-electron chi connectivity index (χ1n) is 6.39. The van der Waals surface area contributed by atoms with Gasteiger partial charge in [0, 0.05) is 12.1 Å². The Kier molecular flexibility index (Phi) is 3.06. The molecule has 1 fully saturated rings. The number of H-pyrrole nitrogens is 1. The molecule has 0 radical (unpaired) electrons. The van der Waals surface area contributed by atoms with Gasteiger partial charge in [-0.05, 0) is 50.6 Å². The standard InChI is InChI=1S/C13H17N5/c1-9-2-7-15-11(8-9)13-16-12(17-18-13)10-3-5-14-6-4-10/h2,7-8,10,14H,3-6H2,1H3,(H,16,17,18). The van der Waals surface area contributed by atoms with Crippen molar-refractivity contribution in [2.24, 2.45) is 0 Å². The minimum absolute atomic E-state index is 0.498. The van der Waals surface area contributed by atoms with E-state index in [1.54, 1.807) is 6.20 Å². The molecule has 94 valence electrons. The van der Waals surface area contributed by atoms with Crippen LogP contribution in [0, 0.1) is 6.92 Å². The molecule has 2 aromatic rings. The minimum atomic E-state index is 0.498. The third-order valence-corrected chi connectivity index (χ3v) is 3.37. The zero-order valence-corrected chi connectivity index (χ0v) is 10.5. The lowest BCUT2D eigenvalue weighted by Crippen LogP contribution is -2.27. The van der Waals surface area contributed by atoms with Gasteiger partial charge in [0.15, 0.2) is 5.82 Å². The van der Waals surface area contributed by atoms with Crippen molar-refractivity contribution in [1.82, 2.24) is 25.5 Å². The van der Waals surface area contributed by atoms with Crippen LogP contribution in [-0.2, 0) is 0 Å². The van der Waals surface area contributed by atoms with Crippen LogP contribution in [0.5, 0.6) is 0 Å². The van der Waals surface area contributed by atoms with Gasteiger partial charge in [-0.15, -0.1) is 0 Å². The van der Waals surface area contributed by atoms with Gasteiger partial charge >= 0.3 is 0 Å². The van der Waals surface area contributed by atoms with Gasteiger partial charge in [0.1, 0.15) is 11.5 Å². The van der Waals surface area contributed by atoms with Crippen molar-refractivity contribution in [2.75, 3.05) is 13.1 Å². The Labute approximate surface area is 106 Å². The van der Waals surface area contributed by atoms with Crippen LogP contribution in [0.3, 0.4) is 0 Å². The van der Waals surface area contributed by atoms with E-state index in [4.69, 9.17) is 0 Å². The average Bonchev–Trinajstić information content (AvgIpc) is 2.89. The monoisotopic (exact) mass is 243 g/mol. The molecule has 0 atom stereocenters. The molecule has 18 heavy (non-hydrogen) atoms. The third kappa shape index (κ3) is 2.26. The lowest BCUT2D eigenvalue weighted by molar-refractivity contribution is 0.446. The number of nitrogens with one attached hydrogen (secondary N) is 2. The highest BCUT2D eigenvalue weighted by Crippen LogP contribution is 2.23. The van der Waals surface area contributed by atoms with Crippen LogP contribution in [-0.4, -0.2) is 33.3 Å². The zero-order valence-electron chi connectivity index (χ0n) is 10.5. The van der Waals surface area contributed by atoms with E-state index in [-0.39, 0.29) is 0 Å². The fourth-order valence-corrected chi connectivity index (χ4v) is 2.33. The molecule has 2 N–H and O–H groups in total. The van der Waals surface area contributed by atoms with Crippen LogP contribution < -0.4 is 5.32 Å². The van der Waals surface area contributed by atoms with E-state index in [9.17, 15) is 0 Å². The van der Waals surface area contributed by atoms with Crippen molar-refractivity contribution in [1.29, 1.82) is 0 Å². The molecule has 1 aliphatic heterocycles. The molecular weight excluding hydrogens is 226 g/mol. The van der Waals surface area contributed by atoms with Crippen molar-refractivity contribution in [3.8, 4) is 11.5 Å². The number of nitrogens with zero attached hydrogens (tertiary/aromatic N) is 3. The van der Waals surface area contributed by atoms with E-state index < -0.39 is 0 Å². The second kappa shape index (κ2) is 4.86. The maximum absolute atomic E-state index is 4.59. The smallest absolute Gasteiger partial charge is 0.199 e. The Bertz CT molecular complexity index is 528. The maximum atomic E-state index is 4.59. The SMILES string of the molecule is Cc1ccnc(-c2n[nH]c(C3CCNCC3)n2)c1. The highest BCUT2D eigenvalue weighted by Gasteiger charge is 2.19. The predicted octanol–water partition coefficient (Wildman–Crippen LogP) is 1.64. The van der Waals surface area contributed by atoms with Crippen molar-refractivity contribution >= 4 is 0 Å². The molecular formula is C13H17N5. The summed E-state index contributed by atoms with van der Waals surface area (Å²) in [6, 6.07) is 3.99. The number of pyridine rings is 1. The van der Waals surface area contributed by atoms with Crippen LogP contribution >= 0.6 is 0 Å². The summed E-state index contributed by atoms with van der Waals surface area (Å²) in [7, 11) is 0. The Morgan fingerprint density at radius 1 is 1.28 bits per heavy atom. The number of hydrogen-bond acceptors (Lipinski definition) is 4. The van der Waals surface area contributed by atoms with Gasteiger partial charge in [-0.25, -0.2) is 4.98 Å². The highest BCUT2D eigenvalue weighted by molar-refractivity contribution is 5.49. The van der Waals surface area contributed by atoms with Crippen molar-refractivity contribution < 1.29 is 0 Å². The average molecular weight is 243 g/mol. The zero-order chi connectivity index (χ0) is 12.4. The summed E-state index contributed by atoms with van der Waals surface area (Å²) >= 11 is 0. The number of hydrogen-bond donors (Lipinski definition) is 2. The van der Waals surface area contributed by atoms with Crippen LogP contribution in [0.2, 0.25) is 0 Å². The minimum Gasteiger partial charge on any atom is -0.317 e. The van der Waals surface area contributed by atoms with Gasteiger partial charge in [0.25, 0.3) is 0 Å². The van der Waals surface area contributed by atoms with E-state index >= 15 is 0 Å². The second-order valence-corrected chi connectivity index (χ2v) is 4.79. The molecule has 5 heteroatoms. The summed E-state index contributed by atoms with van der Waals surface area (Å²) in [6.45, 7) is 4.17. The first kappa shape index (κ1) is 11.3. The molecule has 5 nitrogen and oxygen atoms in total. The fourth-order valence-electron chi connectivity index (χ4n) is 2.33. The van der Waals surface area contributed by atoms with Crippen molar-refractivity contribution in [3.05, 3.63) is 29.7 Å². The lowest BCUT2D eigenvalue weighted by atomic mass is 9.98. The molecule has 1 aliphatic rings. The Balaban J connectivity index is 1.84. The van der Waals surface area contributed by atoms with Gasteiger partial charge in [-0.2, -0.15) is 5.10 Å². The third-order valence-electron chi connectivity index (χ3n) is 3.37. The summed E-state index contributed by atoms with van der Waals surface area (Å²) in [5.41, 5.74) is 2.01. The fraction of sp³-hybridized carbons (Fsp3) is 0.462. The molecule has 0 saturated carbocycles. The number of aryl methyl sites for hydroxylation is 1. The van der Waals surface area contributed by atoms with Crippen molar-refractivity contribution in [2.45, 2.75) is 25.7 Å². The molecule has 0 aromatic carbocycles. The molecule has 1 saturated heterocycles. The second-order valence-electron chi connectivity index (χ2n) is 4.79. The summed E-state index contributed by atoms with van der Waals surface area (Å²) in [4.78, 5) is 8.90. The Morgan fingerprint density at radius 3 is 2.89 bits per heavy atom. The summed E-state index contributed by atoms with van der Waals surface area (Å²) in [6.07, 6.45) is 4.04. The van der Waals surface area contributed by atoms with E-state index in [1.807, 2.05) is 19.1 Å². The van der Waals surface area contributed by atoms with Crippen LogP contribution in [0.1, 0.15) is 30.1 Å². The van der Waals surface area contributed by atoms with Crippen LogP contribution in [0.4, 0.5) is 0 Å². The quantitative estimate of drug-likeness (QED) is 0.841. The van der Waals surface area contributed by atoms with E-state index in [0.717, 1.165) is 37.4 Å². The predicted molar refractivity (Wildman–Crippen MR) is 69.2 cm³/mol. The van der Waals surface area contributed by atoms with Gasteiger partial charge in [0.05, 0.1) is 0 Å². The molecule has 0 amide bonds. The van der Waals surface area contributed by atoms with Crippen LogP contribution in [0.25, 0.3) is 11.5 Å². The number of rotatable bonds is 2. The topological polar surface area (TPSA) is 66.5 Å². The highest BCUT2D eigenvalue weighted by atomic mass is 15.2. The van der Waals surface area contributed by atoms with Gasteiger partial charge < -0.3 is 5.32 Å². The lowest BCUT2D eigenvalue weighted by Gasteiger charge is -2.19. The normalized spacial score (nSPS) is 16.9. The van der Waals surface area contributed by atoms with Crippen LogP contribution in [0.15, 0.2) is 18.3 Å². The number of aromatic nitrogens is 4. The number of piperidine rings is 1. The summed E-state index contributed by atoms with van der Waals surface area (Å²) in [5.74, 6) is 2.19. The van der Waals surface area contributed by atoms with E-state index in [2.05, 4.69) is 25.5 Å². The van der Waals surface area contributed by atoms with Gasteiger partial charge in [-0.1, -0.05) is 0 Å². The Morgan fingerprint density at radius 2 is 2.11 bits per heavy atom. The molecule has 0 bridgehead atoms. The van der Waals surface area contributed by atoms with E-state index in [0.29, 0.717) is 11.7 Å². The molecule has 3 rings (SSSR count). The number of aromatic amines is 1. The summed E-state index contributed by atoms with van der Waals surface area (Å²) < 4.78 is 0. The molecule has 0 unspecified atom stereocenters. The molecule has 3 heterocycles. The van der Waals surface area contributed by atoms with E-state index in [1.165, 1.54) is 5.56 Å². The largest absolute Gasteiger partial charge is 0.317 e. The first-order valence-corrected chi connectivity index (χ1v) is 6.39. The van der Waals surface area contributed by atoms with Gasteiger partial charge in [-0.3, -0.25) is 10.1 Å². The van der Waals surface area contributed by atoms with Gasteiger partial charge in [0.2, 0.25) is 0 Å². The molecule has 2 aromatic heterocycles. The Hall–Kier alpha value is -1.75. The summed E-state index contributed by atoms with van der Waals surface area (Å²) in [5, 5.41) is 10.7. The van der Waals surface area contributed by atoms with Crippen molar-refractivity contribution in [3.63, 3.8) is 0 Å².